The van der Waals surface area contributed by atoms with Crippen molar-refractivity contribution in [2.75, 3.05) is 0 Å². The van der Waals surface area contributed by atoms with Crippen LogP contribution in [-0.2, 0) is 4.79 Å². The van der Waals surface area contributed by atoms with Crippen LogP contribution in [0.2, 0.25) is 0 Å². The van der Waals surface area contributed by atoms with Gasteiger partial charge in [-0.25, -0.2) is 0 Å². The zero-order valence-electron chi connectivity index (χ0n) is 4.60. The van der Waals surface area contributed by atoms with Gasteiger partial charge in [-0.15, -0.1) is 23.2 Å². The molecule has 1 fully saturated rings. The van der Waals surface area contributed by atoms with Crippen molar-refractivity contribution in [3.63, 3.8) is 0 Å². The van der Waals surface area contributed by atoms with Crippen LogP contribution in [-0.4, -0.2) is 15.4 Å². The molecule has 52 valence electrons. The second-order valence-corrected chi connectivity index (χ2v) is 3.80. The molecule has 1 N–H and O–H groups in total. The summed E-state index contributed by atoms with van der Waals surface area (Å²) >= 11 is 11.1. The number of aliphatic carboxylic acids is 1. The second kappa shape index (κ2) is 2.03. The van der Waals surface area contributed by atoms with Crippen LogP contribution in [0.4, 0.5) is 0 Å². The van der Waals surface area contributed by atoms with Crippen molar-refractivity contribution in [2.24, 2.45) is 5.92 Å². The van der Waals surface area contributed by atoms with E-state index in [1.807, 2.05) is 0 Å². The third-order valence-corrected chi connectivity index (χ3v) is 2.30. The molecular formula is C5H6Cl2O2. The average molecular weight is 169 g/mol. The molecule has 4 heteroatoms. The number of rotatable bonds is 2. The highest BCUT2D eigenvalue weighted by atomic mass is 35.5. The monoisotopic (exact) mass is 168 g/mol. The molecule has 0 aliphatic heterocycles. The first-order valence-electron chi connectivity index (χ1n) is 2.62. The molecule has 1 atom stereocenters. The third kappa shape index (κ3) is 1.73. The Kier molecular flexibility index (Phi) is 1.61. The van der Waals surface area contributed by atoms with Gasteiger partial charge in [0.05, 0.1) is 6.42 Å². The van der Waals surface area contributed by atoms with E-state index in [4.69, 9.17) is 28.3 Å². The van der Waals surface area contributed by atoms with Gasteiger partial charge in [-0.1, -0.05) is 0 Å². The highest BCUT2D eigenvalue weighted by Gasteiger charge is 2.52. The van der Waals surface area contributed by atoms with Crippen molar-refractivity contribution in [2.45, 2.75) is 17.2 Å². The normalized spacial score (nSPS) is 29.8. The maximum absolute atomic E-state index is 10.0. The minimum Gasteiger partial charge on any atom is -0.481 e. The van der Waals surface area contributed by atoms with Crippen LogP contribution in [0.1, 0.15) is 12.8 Å². The number of hydrogen-bond donors (Lipinski definition) is 1. The van der Waals surface area contributed by atoms with Crippen LogP contribution >= 0.6 is 23.2 Å². The van der Waals surface area contributed by atoms with Gasteiger partial charge >= 0.3 is 5.97 Å². The van der Waals surface area contributed by atoms with Gasteiger partial charge in [-0.3, -0.25) is 4.79 Å². The van der Waals surface area contributed by atoms with Gasteiger partial charge < -0.3 is 5.11 Å². The lowest BCUT2D eigenvalue weighted by Crippen LogP contribution is -1.99. The van der Waals surface area contributed by atoms with E-state index in [1.165, 1.54) is 0 Å². The molecule has 0 spiro atoms. The van der Waals surface area contributed by atoms with Crippen molar-refractivity contribution >= 4 is 29.2 Å². The minimum absolute atomic E-state index is 0.0293. The summed E-state index contributed by atoms with van der Waals surface area (Å²) in [4.78, 5) is 10.0. The molecule has 0 saturated heterocycles. The Balaban J connectivity index is 2.28. The van der Waals surface area contributed by atoms with E-state index in [9.17, 15) is 4.79 Å². The Morgan fingerprint density at radius 2 is 2.22 bits per heavy atom. The lowest BCUT2D eigenvalue weighted by atomic mass is 10.3. The molecule has 2 nitrogen and oxygen atoms in total. The van der Waals surface area contributed by atoms with Gasteiger partial charge in [0.15, 0.2) is 0 Å². The van der Waals surface area contributed by atoms with Gasteiger partial charge in [0.25, 0.3) is 0 Å². The SMILES string of the molecule is O=C(O)CC1CC1(Cl)Cl. The van der Waals surface area contributed by atoms with Crippen LogP contribution in [0.25, 0.3) is 0 Å². The summed E-state index contributed by atoms with van der Waals surface area (Å²) in [6, 6.07) is 0. The molecule has 9 heavy (non-hydrogen) atoms. The molecular weight excluding hydrogens is 163 g/mol. The first-order valence-corrected chi connectivity index (χ1v) is 3.37. The van der Waals surface area contributed by atoms with Gasteiger partial charge in [0, 0.05) is 5.92 Å². The Labute approximate surface area is 62.8 Å². The second-order valence-electron chi connectivity index (χ2n) is 2.26. The molecule has 1 aliphatic carbocycles. The first kappa shape index (κ1) is 7.16. The highest BCUT2D eigenvalue weighted by molar-refractivity contribution is 6.50. The van der Waals surface area contributed by atoms with Crippen molar-refractivity contribution in [3.8, 4) is 0 Å². The van der Waals surface area contributed by atoms with E-state index in [1.54, 1.807) is 0 Å². The molecule has 1 aliphatic rings. The van der Waals surface area contributed by atoms with Crippen LogP contribution in [0.5, 0.6) is 0 Å². The first-order chi connectivity index (χ1) is 4.02. The molecule has 0 radical (unpaired) electrons. The van der Waals surface area contributed by atoms with Crippen molar-refractivity contribution in [3.05, 3.63) is 0 Å². The number of hydrogen-bond acceptors (Lipinski definition) is 1. The molecule has 0 bridgehead atoms. The lowest BCUT2D eigenvalue weighted by Gasteiger charge is -1.92. The fraction of sp³-hybridized carbons (Fsp3) is 0.800. The Bertz CT molecular complexity index is 144. The predicted octanol–water partition coefficient (Wildman–Crippen LogP) is 1.65. The van der Waals surface area contributed by atoms with Gasteiger partial charge in [-0.05, 0) is 6.42 Å². The summed E-state index contributed by atoms with van der Waals surface area (Å²) in [7, 11) is 0. The van der Waals surface area contributed by atoms with Crippen molar-refractivity contribution in [1.29, 1.82) is 0 Å². The zero-order valence-corrected chi connectivity index (χ0v) is 6.11. The topological polar surface area (TPSA) is 37.3 Å². The summed E-state index contributed by atoms with van der Waals surface area (Å²) < 4.78 is -0.738. The van der Waals surface area contributed by atoms with Crippen LogP contribution in [0.15, 0.2) is 0 Å². The van der Waals surface area contributed by atoms with Gasteiger partial charge in [0.2, 0.25) is 0 Å². The van der Waals surface area contributed by atoms with E-state index < -0.39 is 10.3 Å². The van der Waals surface area contributed by atoms with Gasteiger partial charge in [0.1, 0.15) is 4.33 Å². The average Bonchev–Trinajstić information content (AvgIpc) is 2.10. The molecule has 0 aromatic heterocycles. The molecule has 0 aromatic carbocycles. The van der Waals surface area contributed by atoms with Crippen LogP contribution in [0, 0.1) is 5.92 Å². The minimum atomic E-state index is -0.830. The van der Waals surface area contributed by atoms with Crippen LogP contribution < -0.4 is 0 Å². The van der Waals surface area contributed by atoms with E-state index in [0.717, 1.165) is 0 Å². The fourth-order valence-electron chi connectivity index (χ4n) is 0.702. The zero-order chi connectivity index (χ0) is 7.07. The fourth-order valence-corrected chi connectivity index (χ4v) is 1.23. The Hall–Kier alpha value is 0.0500. The number of carboxylic acid groups (broad SMARTS) is 1. The van der Waals surface area contributed by atoms with E-state index in [2.05, 4.69) is 0 Å². The maximum atomic E-state index is 10.0. The largest absolute Gasteiger partial charge is 0.481 e. The van der Waals surface area contributed by atoms with E-state index in [0.29, 0.717) is 6.42 Å². The summed E-state index contributed by atoms with van der Waals surface area (Å²) in [5.41, 5.74) is 0. The predicted molar refractivity (Wildman–Crippen MR) is 34.8 cm³/mol. The van der Waals surface area contributed by atoms with Gasteiger partial charge in [-0.2, -0.15) is 0 Å². The standard InChI is InChI=1S/C5H6Cl2O2/c6-5(7)2-3(5)1-4(8)9/h3H,1-2H2,(H,8,9). The smallest absolute Gasteiger partial charge is 0.303 e. The van der Waals surface area contributed by atoms with Crippen molar-refractivity contribution < 1.29 is 9.90 Å². The summed E-state index contributed by atoms with van der Waals surface area (Å²) in [6.45, 7) is 0. The quantitative estimate of drug-likeness (QED) is 0.638. The molecule has 0 aromatic rings. The van der Waals surface area contributed by atoms with Crippen molar-refractivity contribution in [1.82, 2.24) is 0 Å². The molecule has 0 heterocycles. The molecule has 1 unspecified atom stereocenters. The van der Waals surface area contributed by atoms with E-state index >= 15 is 0 Å². The summed E-state index contributed by atoms with van der Waals surface area (Å²) in [5, 5.41) is 8.24. The number of alkyl halides is 2. The summed E-state index contributed by atoms with van der Waals surface area (Å²) in [5.74, 6) is -0.860. The molecule has 1 saturated carbocycles. The molecule has 1 rings (SSSR count). The van der Waals surface area contributed by atoms with E-state index in [-0.39, 0.29) is 12.3 Å². The molecule has 0 amide bonds. The number of halogens is 2. The number of carbonyl (C=O) groups is 1. The Morgan fingerprint density at radius 1 is 1.78 bits per heavy atom. The Morgan fingerprint density at radius 3 is 2.33 bits per heavy atom. The maximum Gasteiger partial charge on any atom is 0.303 e. The summed E-state index contributed by atoms with van der Waals surface area (Å²) in [6.07, 6.45) is 0.704. The lowest BCUT2D eigenvalue weighted by molar-refractivity contribution is -0.137. The highest BCUT2D eigenvalue weighted by Crippen LogP contribution is 2.54. The third-order valence-electron chi connectivity index (χ3n) is 1.38. The van der Waals surface area contributed by atoms with Crippen LogP contribution in [0.3, 0.4) is 0 Å². The number of carboxylic acids is 1.